The second-order valence-corrected chi connectivity index (χ2v) is 11.9. The molecule has 1 aromatic rings. The number of benzene rings is 1. The highest BCUT2D eigenvalue weighted by Gasteiger charge is 2.58. The maximum absolute atomic E-state index is 13.1. The van der Waals surface area contributed by atoms with E-state index >= 15 is 0 Å². The zero-order valence-corrected chi connectivity index (χ0v) is 20.3. The number of amides is 2. The van der Waals surface area contributed by atoms with E-state index in [4.69, 9.17) is 9.47 Å². The summed E-state index contributed by atoms with van der Waals surface area (Å²) in [6, 6.07) is 6.04. The average molecular weight is 456 g/mol. The maximum atomic E-state index is 13.1. The van der Waals surface area contributed by atoms with Crippen molar-refractivity contribution in [2.75, 3.05) is 13.7 Å². The first-order valence-corrected chi connectivity index (χ1v) is 12.3. The number of nitrogens with one attached hydrogen (secondary N) is 2. The van der Waals surface area contributed by atoms with Gasteiger partial charge in [-0.25, -0.2) is 4.79 Å². The quantitative estimate of drug-likeness (QED) is 0.707. The molecule has 1 heterocycles. The Labute approximate surface area is 196 Å². The summed E-state index contributed by atoms with van der Waals surface area (Å²) >= 11 is 0. The number of methoxy groups -OCH3 is 1. The lowest BCUT2D eigenvalue weighted by molar-refractivity contribution is -0.132. The van der Waals surface area contributed by atoms with Crippen LogP contribution in [0.4, 0.5) is 4.79 Å². The van der Waals surface area contributed by atoms with Gasteiger partial charge < -0.3 is 25.0 Å². The van der Waals surface area contributed by atoms with Gasteiger partial charge in [-0.3, -0.25) is 4.79 Å². The first-order chi connectivity index (χ1) is 15.6. The third-order valence-electron chi connectivity index (χ3n) is 7.93. The molecule has 7 nitrogen and oxygen atoms in total. The third kappa shape index (κ3) is 4.57. The molecule has 7 heteroatoms. The molecule has 0 aromatic heterocycles. The second-order valence-electron chi connectivity index (χ2n) is 11.9. The van der Waals surface area contributed by atoms with E-state index < -0.39 is 5.60 Å². The van der Waals surface area contributed by atoms with Gasteiger partial charge in [0.25, 0.3) is 0 Å². The van der Waals surface area contributed by atoms with Crippen LogP contribution >= 0.6 is 0 Å². The van der Waals surface area contributed by atoms with E-state index in [-0.39, 0.29) is 23.1 Å². The Balaban J connectivity index is 1.23. The Kier molecular flexibility index (Phi) is 5.39. The second kappa shape index (κ2) is 7.90. The number of fused-ring (bicyclic) bond motifs is 1. The molecule has 33 heavy (non-hydrogen) atoms. The van der Waals surface area contributed by atoms with Gasteiger partial charge in [0.05, 0.1) is 13.7 Å². The Morgan fingerprint density at radius 3 is 2.39 bits per heavy atom. The van der Waals surface area contributed by atoms with Gasteiger partial charge in [0.15, 0.2) is 0 Å². The zero-order chi connectivity index (χ0) is 23.4. The Morgan fingerprint density at radius 2 is 1.73 bits per heavy atom. The SMILES string of the molecule is COc1ccc2c(c1)CN(C(=O)CNC13CC4CC(C1)CC(NC(=O)OC(C)(C)C)(C4)C3)C2. The molecule has 0 saturated heterocycles. The van der Waals surface area contributed by atoms with Crippen molar-refractivity contribution in [3.05, 3.63) is 29.3 Å². The topological polar surface area (TPSA) is 79.9 Å². The highest BCUT2D eigenvalue weighted by molar-refractivity contribution is 5.79. The van der Waals surface area contributed by atoms with E-state index in [1.807, 2.05) is 37.8 Å². The van der Waals surface area contributed by atoms with E-state index in [1.54, 1.807) is 7.11 Å². The molecule has 2 atom stereocenters. The number of alkyl carbamates (subject to hydrolysis) is 1. The van der Waals surface area contributed by atoms with Crippen molar-refractivity contribution in [3.8, 4) is 5.75 Å². The van der Waals surface area contributed by atoms with E-state index in [2.05, 4.69) is 16.7 Å². The number of carbonyl (C=O) groups is 2. The van der Waals surface area contributed by atoms with Crippen LogP contribution in [0.15, 0.2) is 18.2 Å². The van der Waals surface area contributed by atoms with Crippen molar-refractivity contribution in [1.29, 1.82) is 0 Å². The molecule has 4 aliphatic carbocycles. The van der Waals surface area contributed by atoms with Crippen molar-refractivity contribution in [2.45, 2.75) is 89.1 Å². The summed E-state index contributed by atoms with van der Waals surface area (Å²) in [6.45, 7) is 7.32. The summed E-state index contributed by atoms with van der Waals surface area (Å²) in [6.07, 6.45) is 6.00. The minimum Gasteiger partial charge on any atom is -0.497 e. The summed E-state index contributed by atoms with van der Waals surface area (Å²) in [5.41, 5.74) is 1.55. The first-order valence-electron chi connectivity index (χ1n) is 12.3. The van der Waals surface area contributed by atoms with E-state index in [1.165, 1.54) is 12.0 Å². The van der Waals surface area contributed by atoms with E-state index in [0.29, 0.717) is 31.5 Å². The summed E-state index contributed by atoms with van der Waals surface area (Å²) in [7, 11) is 1.67. The molecule has 2 N–H and O–H groups in total. The summed E-state index contributed by atoms with van der Waals surface area (Å²) < 4.78 is 10.9. The molecule has 1 aliphatic heterocycles. The number of hydrogen-bond donors (Lipinski definition) is 2. The molecule has 2 unspecified atom stereocenters. The van der Waals surface area contributed by atoms with E-state index in [0.717, 1.165) is 43.4 Å². The molecular formula is C26H37N3O4. The molecule has 180 valence electrons. The van der Waals surface area contributed by atoms with Crippen LogP contribution in [-0.4, -0.2) is 47.2 Å². The Morgan fingerprint density at radius 1 is 1.06 bits per heavy atom. The van der Waals surface area contributed by atoms with Gasteiger partial charge in [0.1, 0.15) is 11.4 Å². The van der Waals surface area contributed by atoms with E-state index in [9.17, 15) is 9.59 Å². The number of ether oxygens (including phenoxy) is 2. The number of hydrogen-bond acceptors (Lipinski definition) is 5. The van der Waals surface area contributed by atoms with Gasteiger partial charge in [-0.15, -0.1) is 0 Å². The van der Waals surface area contributed by atoms with Crippen LogP contribution in [0.2, 0.25) is 0 Å². The average Bonchev–Trinajstić information content (AvgIpc) is 3.12. The highest BCUT2D eigenvalue weighted by Crippen LogP contribution is 2.57. The Bertz CT molecular complexity index is 939. The minimum absolute atomic E-state index is 0.0788. The van der Waals surface area contributed by atoms with Crippen molar-refractivity contribution >= 4 is 12.0 Å². The van der Waals surface area contributed by atoms with Gasteiger partial charge in [-0.1, -0.05) is 6.07 Å². The lowest BCUT2D eigenvalue weighted by atomic mass is 9.50. The van der Waals surface area contributed by atoms with Crippen molar-refractivity contribution in [2.24, 2.45) is 11.8 Å². The molecule has 2 amide bonds. The number of nitrogens with zero attached hydrogens (tertiary/aromatic N) is 1. The molecule has 1 aromatic carbocycles. The Hall–Kier alpha value is -2.28. The predicted octanol–water partition coefficient (Wildman–Crippen LogP) is 3.74. The van der Waals surface area contributed by atoms with Crippen LogP contribution in [0.5, 0.6) is 5.75 Å². The minimum atomic E-state index is -0.508. The van der Waals surface area contributed by atoms with Crippen LogP contribution in [0.1, 0.15) is 70.4 Å². The number of carbonyl (C=O) groups excluding carboxylic acids is 2. The predicted molar refractivity (Wildman–Crippen MR) is 125 cm³/mol. The van der Waals surface area contributed by atoms with Crippen LogP contribution in [-0.2, 0) is 22.6 Å². The van der Waals surface area contributed by atoms with Crippen LogP contribution in [0.25, 0.3) is 0 Å². The molecule has 0 radical (unpaired) electrons. The van der Waals surface area contributed by atoms with Crippen molar-refractivity contribution < 1.29 is 19.1 Å². The monoisotopic (exact) mass is 455 g/mol. The summed E-state index contributed by atoms with van der Waals surface area (Å²) in [5.74, 6) is 2.15. The standard InChI is InChI=1S/C26H37N3O4/c1-24(2,3)33-23(31)28-26-11-17-7-18(12-26)10-25(9-17,16-26)27-13-22(30)29-14-19-5-6-21(32-4)8-20(19)15-29/h5-6,8,17-18,27H,7,9-16H2,1-4H3,(H,28,31). The van der Waals surface area contributed by atoms with Gasteiger partial charge in [-0.2, -0.15) is 0 Å². The normalized spacial score (nSPS) is 31.9. The molecule has 5 aliphatic rings. The van der Waals surface area contributed by atoms with Crippen molar-refractivity contribution in [3.63, 3.8) is 0 Å². The fraction of sp³-hybridized carbons (Fsp3) is 0.692. The molecule has 0 spiro atoms. The fourth-order valence-electron chi connectivity index (χ4n) is 7.18. The van der Waals surface area contributed by atoms with Crippen LogP contribution in [0.3, 0.4) is 0 Å². The summed E-state index contributed by atoms with van der Waals surface area (Å²) in [4.78, 5) is 27.7. The van der Waals surface area contributed by atoms with Crippen molar-refractivity contribution in [1.82, 2.24) is 15.5 Å². The third-order valence-corrected chi connectivity index (χ3v) is 7.93. The van der Waals surface area contributed by atoms with Gasteiger partial charge >= 0.3 is 6.09 Å². The molecule has 4 fully saturated rings. The lowest BCUT2D eigenvalue weighted by Crippen LogP contribution is -2.69. The first kappa shape index (κ1) is 22.5. The van der Waals surface area contributed by atoms with Gasteiger partial charge in [0, 0.05) is 24.2 Å². The largest absolute Gasteiger partial charge is 0.497 e. The smallest absolute Gasteiger partial charge is 0.408 e. The highest BCUT2D eigenvalue weighted by atomic mass is 16.6. The number of rotatable bonds is 5. The van der Waals surface area contributed by atoms with Crippen LogP contribution < -0.4 is 15.4 Å². The zero-order valence-electron chi connectivity index (χ0n) is 20.3. The summed E-state index contributed by atoms with van der Waals surface area (Å²) in [5, 5.41) is 6.95. The molecule has 4 saturated carbocycles. The maximum Gasteiger partial charge on any atom is 0.408 e. The molecule has 4 bridgehead atoms. The lowest BCUT2D eigenvalue weighted by Gasteiger charge is -2.62. The van der Waals surface area contributed by atoms with Gasteiger partial charge in [-0.05, 0) is 94.4 Å². The molecular weight excluding hydrogens is 418 g/mol. The fourth-order valence-corrected chi connectivity index (χ4v) is 7.18. The van der Waals surface area contributed by atoms with Gasteiger partial charge in [0.2, 0.25) is 5.91 Å². The van der Waals surface area contributed by atoms with Crippen LogP contribution in [0, 0.1) is 11.8 Å². The molecule has 6 rings (SSSR count).